The number of aliphatic hydroxyl groups is 2. The molecular weight excluding hydrogens is 1560 g/mol. The van der Waals surface area contributed by atoms with Crippen molar-refractivity contribution in [1.29, 1.82) is 5.26 Å². The van der Waals surface area contributed by atoms with Crippen LogP contribution in [0.5, 0.6) is 0 Å². The lowest BCUT2D eigenvalue weighted by Gasteiger charge is -2.65. The van der Waals surface area contributed by atoms with Gasteiger partial charge in [-0.1, -0.05) is 49.5 Å². The van der Waals surface area contributed by atoms with Crippen LogP contribution in [0.25, 0.3) is 0 Å². The summed E-state index contributed by atoms with van der Waals surface area (Å²) in [6.45, 7) is 41.8. The SMILES string of the molecule is C.C.CCC(C)(C)C(=O)OC12CC3CC(CC(O)(C3)C1)C2.CCC(C)(C)C(=O)OC12CC3CC(OC4CCCCO4)(C1)CC(OC1CCCCO1)(C3)C2.CCC(C)(C)C(=O)OC1C2CC3C1OC(=O)C3(C#N)C2.CCC(C)(CO)C(=O)OC(C)(C)C12CC3CC(CC(C3)C1)C2.CCOC(C)OC1C2CC(OC(=O)C(C)(C)CC)C(C2)C1OC(C)OCC. The first-order chi connectivity index (χ1) is 56.3. The van der Waals surface area contributed by atoms with Crippen LogP contribution in [0, 0.1) is 108 Å². The zero-order valence-electron chi connectivity index (χ0n) is 77.3. The number of hydrogen-bond donors (Lipinski definition) is 2. The molecule has 19 aliphatic rings. The summed E-state index contributed by atoms with van der Waals surface area (Å²) in [4.78, 5) is 75.0. The molecule has 0 aromatic rings. The standard InChI is InChI=1S/C26H42O6.C21H38O6.C19H32O3.C16H26O3.C15H19NO4.2CH4/c1-4-23(2,3)22(27)32-26-15-19-13-24(17-26,30-20-9-5-7-11-28-20)16-25(14-19,18-26)31-21-10-6-8-12-29-21;1-8-21(6,7)20(22)27-17-12-15-11-16(17)19(26-14(5)24-10-3)18(15)25-13(4)23-9-2;1-5-18(4,12-20)16(21)22-17(2,3)19-9-13-6-14(10-19)8-15(7-13)11-19;1-4-14(2,3)13(17)19-16-8-11-5-12(9-16)7-15(18,6-11)10-16;1-4-14(2,3)12(17)19-10-8-5-9-11(10)20-13(18)15(9,6-8)7-16;;/h19-21H,4-18H2,1-3H3;13-19H,8-12H2,1-7H3;13-15,20H,5-12H2,1-4H3;11-12,18H,4-10H2,1-3H3;8-11H,4-6H2,1-3H3;2*1H4. The van der Waals surface area contributed by atoms with Gasteiger partial charge in [0.2, 0.25) is 0 Å². The maximum absolute atomic E-state index is 13.2. The van der Waals surface area contributed by atoms with E-state index >= 15 is 0 Å². The lowest BCUT2D eigenvalue weighted by molar-refractivity contribution is -0.343. The molecule has 0 amide bonds. The van der Waals surface area contributed by atoms with E-state index < -0.39 is 61.4 Å². The molecule has 16 bridgehead atoms. The number of hydrogen-bond acceptors (Lipinski definition) is 23. The summed E-state index contributed by atoms with van der Waals surface area (Å²) in [5.41, 5.74) is -5.98. The highest BCUT2D eigenvalue weighted by Crippen LogP contribution is 2.68. The third-order valence-electron chi connectivity index (χ3n) is 33.1. The zero-order valence-corrected chi connectivity index (χ0v) is 77.3. The minimum absolute atomic E-state index is 0. The van der Waals surface area contributed by atoms with Gasteiger partial charge in [-0.05, 0) is 331 Å². The Morgan fingerprint density at radius 2 is 0.943 bits per heavy atom. The van der Waals surface area contributed by atoms with Gasteiger partial charge in [-0.3, -0.25) is 28.8 Å². The number of fused-ring (bicyclic) bond motifs is 3. The summed E-state index contributed by atoms with van der Waals surface area (Å²) in [5.74, 6) is 3.32. The van der Waals surface area contributed by atoms with E-state index in [9.17, 15) is 44.2 Å². The lowest BCUT2D eigenvalue weighted by Crippen LogP contribution is -2.69. The molecular formula is C99H165NO22. The van der Waals surface area contributed by atoms with Crippen LogP contribution in [0.1, 0.15) is 365 Å². The fourth-order valence-electron chi connectivity index (χ4n) is 25.4. The van der Waals surface area contributed by atoms with Gasteiger partial charge in [-0.25, -0.2) is 0 Å². The van der Waals surface area contributed by atoms with Gasteiger partial charge in [0.1, 0.15) is 35.1 Å². The van der Waals surface area contributed by atoms with Crippen LogP contribution in [0.4, 0.5) is 0 Å². The molecule has 3 heterocycles. The fourth-order valence-corrected chi connectivity index (χ4v) is 25.4. The van der Waals surface area contributed by atoms with Crippen LogP contribution in [0.3, 0.4) is 0 Å². The first-order valence-corrected chi connectivity index (χ1v) is 47.5. The van der Waals surface area contributed by atoms with E-state index in [1.165, 1.54) is 44.9 Å². The van der Waals surface area contributed by atoms with E-state index in [1.807, 2.05) is 118 Å². The van der Waals surface area contributed by atoms with Gasteiger partial charge in [-0.2, -0.15) is 5.26 Å². The van der Waals surface area contributed by atoms with Crippen LogP contribution in [0.2, 0.25) is 0 Å². The number of rotatable bonds is 29. The topological polar surface area (TPSA) is 296 Å². The number of carbonyl (C=O) groups is 6. The normalized spacial score (nSPS) is 39.5. The second-order valence-corrected chi connectivity index (χ2v) is 44.4. The van der Waals surface area contributed by atoms with Crippen LogP contribution >= 0.6 is 0 Å². The van der Waals surface area contributed by atoms with Gasteiger partial charge in [0.15, 0.2) is 30.6 Å². The number of ether oxygens (including phenoxy) is 14. The van der Waals surface area contributed by atoms with Gasteiger partial charge in [0.05, 0.1) is 68.8 Å². The summed E-state index contributed by atoms with van der Waals surface area (Å²) < 4.78 is 84.5. The zero-order chi connectivity index (χ0) is 87.4. The summed E-state index contributed by atoms with van der Waals surface area (Å²) in [6, 6.07) is 2.15. The quantitative estimate of drug-likeness (QED) is 0.0399. The second kappa shape index (κ2) is 38.5. The summed E-state index contributed by atoms with van der Waals surface area (Å²) in [6.07, 6.45) is 29.8. The van der Waals surface area contributed by atoms with Gasteiger partial charge < -0.3 is 76.5 Å². The first kappa shape index (κ1) is 100. The lowest BCUT2D eigenvalue weighted by atomic mass is 9.46. The van der Waals surface area contributed by atoms with Crippen molar-refractivity contribution >= 4 is 35.8 Å². The molecule has 23 nitrogen and oxygen atoms in total. The predicted octanol–water partition coefficient (Wildman–Crippen LogP) is 19.2. The van der Waals surface area contributed by atoms with Crippen molar-refractivity contribution in [2.24, 2.45) is 97.1 Å². The Bertz CT molecular complexity index is 3510. The van der Waals surface area contributed by atoms with Crippen LogP contribution < -0.4 is 0 Å². The highest BCUT2D eigenvalue weighted by atomic mass is 16.7. The number of nitrogens with zero attached hydrogens (tertiary/aromatic N) is 1. The van der Waals surface area contributed by atoms with Crippen molar-refractivity contribution in [3.05, 3.63) is 0 Å². The Morgan fingerprint density at radius 1 is 0.492 bits per heavy atom. The van der Waals surface area contributed by atoms with Crippen molar-refractivity contribution in [1.82, 2.24) is 0 Å². The summed E-state index contributed by atoms with van der Waals surface area (Å²) >= 11 is 0. The monoisotopic (exact) mass is 1720 g/mol. The van der Waals surface area contributed by atoms with Crippen molar-refractivity contribution in [2.45, 2.75) is 455 Å². The van der Waals surface area contributed by atoms with Crippen molar-refractivity contribution < 1.29 is 105 Å². The van der Waals surface area contributed by atoms with Crippen molar-refractivity contribution in [2.75, 3.05) is 33.0 Å². The smallest absolute Gasteiger partial charge is 0.327 e. The third kappa shape index (κ3) is 21.0. The molecule has 0 aromatic carbocycles. The Labute approximate surface area is 733 Å². The van der Waals surface area contributed by atoms with Gasteiger partial charge in [-0.15, -0.1) is 0 Å². The molecule has 19 rings (SSSR count). The average Bonchev–Trinajstić information content (AvgIpc) is 1.32. The van der Waals surface area contributed by atoms with E-state index in [2.05, 4.69) is 26.8 Å². The van der Waals surface area contributed by atoms with Gasteiger partial charge >= 0.3 is 35.8 Å². The highest BCUT2D eigenvalue weighted by Gasteiger charge is 2.73. The van der Waals surface area contributed by atoms with Gasteiger partial charge in [0.25, 0.3) is 0 Å². The van der Waals surface area contributed by atoms with E-state index in [0.717, 1.165) is 172 Å². The number of aliphatic hydroxyl groups excluding tert-OH is 1. The second-order valence-electron chi connectivity index (χ2n) is 44.4. The number of esters is 6. The summed E-state index contributed by atoms with van der Waals surface area (Å²) in [5, 5.41) is 29.5. The largest absolute Gasteiger partial charge is 0.462 e. The minimum Gasteiger partial charge on any atom is -0.462 e. The van der Waals surface area contributed by atoms with Crippen molar-refractivity contribution in [3.63, 3.8) is 0 Å². The Hall–Kier alpha value is -4.09. The van der Waals surface area contributed by atoms with E-state index in [0.29, 0.717) is 62.6 Å². The molecule has 0 radical (unpaired) electrons. The maximum atomic E-state index is 13.2. The Balaban J connectivity index is 0.000000161. The van der Waals surface area contributed by atoms with E-state index in [4.69, 9.17) is 66.3 Å². The average molecular weight is 1720 g/mol. The number of nitriles is 1. The Kier molecular flexibility index (Phi) is 31.6. The molecule has 19 fully saturated rings. The van der Waals surface area contributed by atoms with Crippen LogP contribution in [-0.2, 0) is 95.1 Å². The number of carbonyl (C=O) groups excluding carboxylic acids is 6. The van der Waals surface area contributed by atoms with Crippen LogP contribution in [0.15, 0.2) is 0 Å². The molecule has 0 aromatic heterocycles. The summed E-state index contributed by atoms with van der Waals surface area (Å²) in [7, 11) is 0. The molecule has 3 saturated heterocycles. The fraction of sp³-hybridized carbons (Fsp3) is 0.929. The maximum Gasteiger partial charge on any atom is 0.327 e. The molecule has 3 aliphatic heterocycles. The first-order valence-electron chi connectivity index (χ1n) is 47.5. The molecule has 19 unspecified atom stereocenters. The minimum atomic E-state index is -0.974. The molecule has 0 spiro atoms. The molecule has 2 N–H and O–H groups in total. The molecule has 16 saturated carbocycles. The molecule has 23 heteroatoms. The molecule has 19 atom stereocenters. The Morgan fingerprint density at radius 3 is 1.39 bits per heavy atom. The molecule has 122 heavy (non-hydrogen) atoms. The molecule has 16 aliphatic carbocycles. The van der Waals surface area contributed by atoms with E-state index in [1.54, 1.807) is 0 Å². The van der Waals surface area contributed by atoms with Crippen molar-refractivity contribution in [3.8, 4) is 6.07 Å². The highest BCUT2D eigenvalue weighted by molar-refractivity contribution is 5.85. The third-order valence-corrected chi connectivity index (χ3v) is 33.1. The predicted molar refractivity (Wildman–Crippen MR) is 461 cm³/mol. The molecule has 698 valence electrons. The van der Waals surface area contributed by atoms with E-state index in [-0.39, 0.29) is 141 Å². The van der Waals surface area contributed by atoms with Crippen LogP contribution in [-0.4, -0.2) is 168 Å². The van der Waals surface area contributed by atoms with Gasteiger partial charge in [0, 0.05) is 75.3 Å².